The lowest BCUT2D eigenvalue weighted by Crippen LogP contribution is -2.35. The summed E-state index contributed by atoms with van der Waals surface area (Å²) in [5, 5.41) is 5.17. The van der Waals surface area contributed by atoms with E-state index >= 15 is 0 Å². The van der Waals surface area contributed by atoms with E-state index in [0.717, 1.165) is 15.7 Å². The largest absolute Gasteiger partial charge is 0.444 e. The van der Waals surface area contributed by atoms with Gasteiger partial charge < -0.3 is 15.0 Å². The molecule has 0 radical (unpaired) electrons. The Hall–Kier alpha value is -4.05. The Labute approximate surface area is 209 Å². The fourth-order valence-corrected chi connectivity index (χ4v) is 5.53. The van der Waals surface area contributed by atoms with Crippen molar-refractivity contribution in [2.45, 2.75) is 30.4 Å². The Balaban J connectivity index is 1.15. The van der Waals surface area contributed by atoms with E-state index < -0.39 is 11.8 Å². The zero-order valence-electron chi connectivity index (χ0n) is 19.2. The molecular weight excluding hydrogens is 480 g/mol. The molecule has 0 bridgehead atoms. The van der Waals surface area contributed by atoms with Crippen LogP contribution >= 0.6 is 11.8 Å². The van der Waals surface area contributed by atoms with Gasteiger partial charge >= 0.3 is 11.8 Å². The van der Waals surface area contributed by atoms with E-state index in [4.69, 9.17) is 4.74 Å². The maximum atomic E-state index is 13.1. The summed E-state index contributed by atoms with van der Waals surface area (Å²) in [7, 11) is 0. The summed E-state index contributed by atoms with van der Waals surface area (Å²) in [6, 6.07) is 16.8. The van der Waals surface area contributed by atoms with Crippen molar-refractivity contribution in [1.82, 2.24) is 9.55 Å². The highest BCUT2D eigenvalue weighted by Crippen LogP contribution is 2.35. The highest BCUT2D eigenvalue weighted by atomic mass is 32.2. The van der Waals surface area contributed by atoms with Crippen molar-refractivity contribution in [1.29, 1.82) is 0 Å². The number of carbonyl (C=O) groups is 2. The third-order valence-corrected chi connectivity index (χ3v) is 7.61. The summed E-state index contributed by atoms with van der Waals surface area (Å²) >= 11 is 1.46. The summed E-state index contributed by atoms with van der Waals surface area (Å²) in [4.78, 5) is 55.2. The number of fused-ring (bicyclic) bond motifs is 3. The van der Waals surface area contributed by atoms with E-state index in [1.54, 1.807) is 12.1 Å². The molecular formula is C26H22N4O5S. The van der Waals surface area contributed by atoms with Crippen molar-refractivity contribution < 1.29 is 14.3 Å². The molecule has 2 aliphatic heterocycles. The molecule has 9 nitrogen and oxygen atoms in total. The molecule has 3 heterocycles. The van der Waals surface area contributed by atoms with Crippen molar-refractivity contribution in [2.75, 3.05) is 22.5 Å². The summed E-state index contributed by atoms with van der Waals surface area (Å²) in [6.45, 7) is 0.570. The minimum atomic E-state index is -0.457. The number of thioether (sulfide) groups is 1. The van der Waals surface area contributed by atoms with Gasteiger partial charge in [-0.15, -0.1) is 11.8 Å². The number of amides is 2. The Morgan fingerprint density at radius 2 is 1.81 bits per heavy atom. The zero-order chi connectivity index (χ0) is 24.8. The molecule has 1 aromatic heterocycles. The first-order chi connectivity index (χ1) is 17.5. The minimum absolute atomic E-state index is 0.0707. The van der Waals surface area contributed by atoms with Gasteiger partial charge in [0.15, 0.2) is 0 Å². The number of carbonyl (C=O) groups excluding carboxylic acids is 2. The van der Waals surface area contributed by atoms with Crippen molar-refractivity contribution >= 4 is 56.8 Å². The summed E-state index contributed by atoms with van der Waals surface area (Å²) in [5.41, 5.74) is 1.06. The predicted octanol–water partition coefficient (Wildman–Crippen LogP) is 3.69. The van der Waals surface area contributed by atoms with Crippen LogP contribution in [-0.2, 0) is 16.1 Å². The molecule has 2 amide bonds. The Morgan fingerprint density at radius 3 is 2.64 bits per heavy atom. The molecule has 2 N–H and O–H groups in total. The molecule has 6 rings (SSSR count). The number of aromatic nitrogens is 2. The maximum absolute atomic E-state index is 13.1. The van der Waals surface area contributed by atoms with Crippen LogP contribution < -0.4 is 21.5 Å². The summed E-state index contributed by atoms with van der Waals surface area (Å²) in [6.07, 6.45) is 0.172. The number of nitrogens with zero attached hydrogens (tertiary/aromatic N) is 2. The van der Waals surface area contributed by atoms with Gasteiger partial charge in [0.25, 0.3) is 5.56 Å². The van der Waals surface area contributed by atoms with Crippen LogP contribution in [0.2, 0.25) is 0 Å². The second-order valence-electron chi connectivity index (χ2n) is 8.91. The second-order valence-corrected chi connectivity index (χ2v) is 9.92. The lowest BCUT2D eigenvalue weighted by atomic mass is 10.1. The van der Waals surface area contributed by atoms with Crippen LogP contribution in [0.3, 0.4) is 0 Å². The second kappa shape index (κ2) is 8.87. The smallest absolute Gasteiger partial charge is 0.414 e. The molecule has 0 aliphatic carbocycles. The molecule has 3 aromatic carbocycles. The average molecular weight is 503 g/mol. The van der Waals surface area contributed by atoms with Crippen LogP contribution in [0, 0.1) is 0 Å². The third-order valence-electron chi connectivity index (χ3n) is 6.54. The van der Waals surface area contributed by atoms with Crippen LogP contribution in [0.1, 0.15) is 12.8 Å². The van der Waals surface area contributed by atoms with E-state index in [1.165, 1.54) is 21.2 Å². The van der Waals surface area contributed by atoms with Gasteiger partial charge in [-0.05, 0) is 53.9 Å². The Kier molecular flexibility index (Phi) is 5.52. The van der Waals surface area contributed by atoms with Gasteiger partial charge in [0, 0.05) is 17.1 Å². The monoisotopic (exact) mass is 502 g/mol. The molecule has 182 valence electrons. The number of anilines is 2. The van der Waals surface area contributed by atoms with Gasteiger partial charge in [0.2, 0.25) is 5.91 Å². The minimum Gasteiger partial charge on any atom is -0.444 e. The van der Waals surface area contributed by atoms with Crippen molar-refractivity contribution in [3.63, 3.8) is 0 Å². The fourth-order valence-electron chi connectivity index (χ4n) is 4.74. The van der Waals surface area contributed by atoms with E-state index in [-0.39, 0.29) is 24.1 Å². The molecule has 4 aromatic rings. The van der Waals surface area contributed by atoms with Gasteiger partial charge in [-0.1, -0.05) is 24.3 Å². The molecule has 1 saturated heterocycles. The standard InChI is InChI=1S/C26H22N4O5S/c31-23-14-36-22-8-7-17(12-21(22)27-23)30-13-18(35-26(30)34)6-3-9-29-24(32)19-10-15-4-1-2-5-16(15)11-20(19)28-25(29)33/h1-2,4-5,7-8,10-12,18H,3,6,9,13-14H2,(H,27,31)(H,28,33). The topological polar surface area (TPSA) is 114 Å². The van der Waals surface area contributed by atoms with Crippen molar-refractivity contribution in [2.24, 2.45) is 0 Å². The number of hydrogen-bond acceptors (Lipinski definition) is 6. The third kappa shape index (κ3) is 4.03. The summed E-state index contributed by atoms with van der Waals surface area (Å²) in [5.74, 6) is 0.304. The number of benzene rings is 3. The first-order valence-corrected chi connectivity index (χ1v) is 12.7. The van der Waals surface area contributed by atoms with E-state index in [9.17, 15) is 19.2 Å². The lowest BCUT2D eigenvalue weighted by Gasteiger charge is -2.20. The van der Waals surface area contributed by atoms with E-state index in [0.29, 0.717) is 47.4 Å². The molecule has 36 heavy (non-hydrogen) atoms. The zero-order valence-corrected chi connectivity index (χ0v) is 20.0. The van der Waals surface area contributed by atoms with E-state index in [1.807, 2.05) is 42.5 Å². The van der Waals surface area contributed by atoms with Gasteiger partial charge in [-0.2, -0.15) is 0 Å². The number of ether oxygens (including phenoxy) is 1. The molecule has 2 aliphatic rings. The van der Waals surface area contributed by atoms with E-state index in [2.05, 4.69) is 10.3 Å². The number of rotatable bonds is 5. The van der Waals surface area contributed by atoms with Crippen LogP contribution in [0.25, 0.3) is 21.7 Å². The van der Waals surface area contributed by atoms with Crippen LogP contribution in [0.15, 0.2) is 69.1 Å². The normalized spacial score (nSPS) is 17.3. The lowest BCUT2D eigenvalue weighted by molar-refractivity contribution is -0.113. The maximum Gasteiger partial charge on any atom is 0.414 e. The van der Waals surface area contributed by atoms with Gasteiger partial charge in [0.05, 0.1) is 28.9 Å². The number of nitrogens with one attached hydrogen (secondary N) is 2. The molecule has 1 fully saturated rings. The molecule has 10 heteroatoms. The first-order valence-electron chi connectivity index (χ1n) is 11.7. The number of H-pyrrole nitrogens is 1. The van der Waals surface area contributed by atoms with Crippen molar-refractivity contribution in [3.05, 3.63) is 75.4 Å². The highest BCUT2D eigenvalue weighted by molar-refractivity contribution is 8.00. The van der Waals surface area contributed by atoms with Crippen LogP contribution in [0.4, 0.5) is 16.2 Å². The van der Waals surface area contributed by atoms with Crippen LogP contribution in [0.5, 0.6) is 0 Å². The SMILES string of the molecule is O=C1CSc2ccc(N3CC(CCCn4c(=O)[nH]c5cc6ccccc6cc5c4=O)OC3=O)cc2N1. The number of hydrogen-bond donors (Lipinski definition) is 2. The predicted molar refractivity (Wildman–Crippen MR) is 139 cm³/mol. The highest BCUT2D eigenvalue weighted by Gasteiger charge is 2.32. The van der Waals surface area contributed by atoms with Crippen molar-refractivity contribution in [3.8, 4) is 0 Å². The van der Waals surface area contributed by atoms with Gasteiger partial charge in [0.1, 0.15) is 6.10 Å². The molecule has 0 spiro atoms. The van der Waals surface area contributed by atoms with Gasteiger partial charge in [-0.3, -0.25) is 19.1 Å². The molecule has 0 saturated carbocycles. The summed E-state index contributed by atoms with van der Waals surface area (Å²) < 4.78 is 6.74. The number of aromatic amines is 1. The molecule has 1 atom stereocenters. The first kappa shape index (κ1) is 22.4. The quantitative estimate of drug-likeness (QED) is 0.403. The van der Waals surface area contributed by atoms with Crippen LogP contribution in [-0.4, -0.2) is 40.0 Å². The number of cyclic esters (lactones) is 1. The fraction of sp³-hybridized carbons (Fsp3) is 0.231. The average Bonchev–Trinajstić information content (AvgIpc) is 3.24. The molecule has 1 unspecified atom stereocenters. The Morgan fingerprint density at radius 1 is 1.00 bits per heavy atom. The van der Waals surface area contributed by atoms with Gasteiger partial charge in [-0.25, -0.2) is 9.59 Å². The Bertz CT molecular complexity index is 1660.